The highest BCUT2D eigenvalue weighted by atomic mass is 16.5. The number of anilines is 1. The van der Waals surface area contributed by atoms with Gasteiger partial charge in [0, 0.05) is 17.4 Å². The molecule has 2 N–H and O–H groups in total. The molecule has 1 aromatic heterocycles. The Hall–Kier alpha value is -1.97. The van der Waals surface area contributed by atoms with E-state index in [1.807, 2.05) is 31.2 Å². The van der Waals surface area contributed by atoms with Crippen LogP contribution < -0.4 is 10.5 Å². The van der Waals surface area contributed by atoms with E-state index in [0.717, 1.165) is 22.7 Å². The summed E-state index contributed by atoms with van der Waals surface area (Å²) in [5, 5.41) is 4.62. The lowest BCUT2D eigenvalue weighted by Crippen LogP contribution is -2.06. The SMILES string of the molecule is Cc1c(N)cccc1OCc1ccn(C2CCCC2)n1. The van der Waals surface area contributed by atoms with Gasteiger partial charge in [-0.1, -0.05) is 18.9 Å². The average molecular weight is 271 g/mol. The molecule has 1 fully saturated rings. The third-order valence-electron chi connectivity index (χ3n) is 4.06. The molecule has 106 valence electrons. The normalized spacial score (nSPS) is 15.7. The average Bonchev–Trinajstić information content (AvgIpc) is 3.10. The number of nitrogens with zero attached hydrogens (tertiary/aromatic N) is 2. The summed E-state index contributed by atoms with van der Waals surface area (Å²) in [6.07, 6.45) is 7.20. The molecule has 2 aromatic rings. The molecule has 0 radical (unpaired) electrons. The molecule has 0 atom stereocenters. The molecule has 1 saturated carbocycles. The summed E-state index contributed by atoms with van der Waals surface area (Å²) < 4.78 is 7.92. The van der Waals surface area contributed by atoms with Gasteiger partial charge in [-0.25, -0.2) is 0 Å². The number of nitrogen functional groups attached to an aromatic ring is 1. The number of rotatable bonds is 4. The molecule has 0 saturated heterocycles. The first kappa shape index (κ1) is 13.0. The van der Waals surface area contributed by atoms with Crippen LogP contribution in [0.15, 0.2) is 30.5 Å². The highest BCUT2D eigenvalue weighted by Gasteiger charge is 2.17. The maximum absolute atomic E-state index is 5.88. The maximum Gasteiger partial charge on any atom is 0.132 e. The van der Waals surface area contributed by atoms with E-state index in [0.29, 0.717) is 12.6 Å². The lowest BCUT2D eigenvalue weighted by Gasteiger charge is -2.10. The van der Waals surface area contributed by atoms with Crippen molar-refractivity contribution in [3.63, 3.8) is 0 Å². The molecule has 0 aliphatic heterocycles. The number of benzene rings is 1. The van der Waals surface area contributed by atoms with Crippen molar-refractivity contribution < 1.29 is 4.74 Å². The van der Waals surface area contributed by atoms with Crippen molar-refractivity contribution in [3.05, 3.63) is 41.7 Å². The quantitative estimate of drug-likeness (QED) is 0.866. The van der Waals surface area contributed by atoms with Gasteiger partial charge < -0.3 is 10.5 Å². The van der Waals surface area contributed by atoms with Crippen molar-refractivity contribution in [3.8, 4) is 5.75 Å². The van der Waals surface area contributed by atoms with E-state index in [4.69, 9.17) is 10.5 Å². The predicted octanol–water partition coefficient (Wildman–Crippen LogP) is 3.47. The lowest BCUT2D eigenvalue weighted by molar-refractivity contribution is 0.296. The summed E-state index contributed by atoms with van der Waals surface area (Å²) in [6.45, 7) is 2.46. The van der Waals surface area contributed by atoms with Gasteiger partial charge in [-0.2, -0.15) is 5.10 Å². The number of nitrogens with two attached hydrogens (primary N) is 1. The number of ether oxygens (including phenoxy) is 1. The fourth-order valence-corrected chi connectivity index (χ4v) is 2.77. The van der Waals surface area contributed by atoms with E-state index in [1.54, 1.807) is 0 Å². The second kappa shape index (κ2) is 5.57. The Balaban J connectivity index is 1.65. The standard InChI is InChI=1S/C16H21N3O/c1-12-15(17)7-4-8-16(12)20-11-13-9-10-19(18-13)14-5-2-3-6-14/h4,7-10,14H,2-3,5-6,11,17H2,1H3. The second-order valence-corrected chi connectivity index (χ2v) is 5.48. The largest absolute Gasteiger partial charge is 0.487 e. The lowest BCUT2D eigenvalue weighted by atomic mass is 10.2. The smallest absolute Gasteiger partial charge is 0.132 e. The van der Waals surface area contributed by atoms with Crippen LogP contribution in [0, 0.1) is 6.92 Å². The van der Waals surface area contributed by atoms with Crippen LogP contribution in [0.1, 0.15) is 43.0 Å². The molecule has 0 amide bonds. The molecule has 20 heavy (non-hydrogen) atoms. The molecule has 3 rings (SSSR count). The monoisotopic (exact) mass is 271 g/mol. The third kappa shape index (κ3) is 2.64. The number of hydrogen-bond donors (Lipinski definition) is 1. The Morgan fingerprint density at radius 1 is 1.30 bits per heavy atom. The summed E-state index contributed by atoms with van der Waals surface area (Å²) in [7, 11) is 0. The van der Waals surface area contributed by atoms with E-state index in [9.17, 15) is 0 Å². The van der Waals surface area contributed by atoms with Crippen molar-refractivity contribution in [2.75, 3.05) is 5.73 Å². The van der Waals surface area contributed by atoms with Gasteiger partial charge in [-0.3, -0.25) is 4.68 Å². The van der Waals surface area contributed by atoms with Crippen molar-refractivity contribution in [1.82, 2.24) is 9.78 Å². The van der Waals surface area contributed by atoms with Crippen LogP contribution in [0.4, 0.5) is 5.69 Å². The fourth-order valence-electron chi connectivity index (χ4n) is 2.77. The molecule has 1 heterocycles. The molecule has 4 heteroatoms. The molecule has 1 aliphatic rings. The van der Waals surface area contributed by atoms with Crippen LogP contribution in [0.2, 0.25) is 0 Å². The first-order chi connectivity index (χ1) is 9.74. The minimum absolute atomic E-state index is 0.490. The van der Waals surface area contributed by atoms with Crippen LogP contribution in [-0.2, 0) is 6.61 Å². The van der Waals surface area contributed by atoms with Crippen LogP contribution in [0.25, 0.3) is 0 Å². The minimum atomic E-state index is 0.490. The second-order valence-electron chi connectivity index (χ2n) is 5.48. The van der Waals surface area contributed by atoms with Crippen LogP contribution in [-0.4, -0.2) is 9.78 Å². The van der Waals surface area contributed by atoms with Crippen molar-refractivity contribution in [1.29, 1.82) is 0 Å². The molecule has 0 spiro atoms. The predicted molar refractivity (Wildman–Crippen MR) is 79.7 cm³/mol. The van der Waals surface area contributed by atoms with Crippen molar-refractivity contribution >= 4 is 5.69 Å². The van der Waals surface area contributed by atoms with Crippen molar-refractivity contribution in [2.45, 2.75) is 45.3 Å². The van der Waals surface area contributed by atoms with Gasteiger partial charge >= 0.3 is 0 Å². The van der Waals surface area contributed by atoms with E-state index < -0.39 is 0 Å². The van der Waals surface area contributed by atoms with Gasteiger partial charge in [0.25, 0.3) is 0 Å². The topological polar surface area (TPSA) is 53.1 Å². The van der Waals surface area contributed by atoms with Crippen LogP contribution in [0.5, 0.6) is 5.75 Å². The van der Waals surface area contributed by atoms with Gasteiger partial charge in [0.15, 0.2) is 0 Å². The van der Waals surface area contributed by atoms with Gasteiger partial charge in [-0.15, -0.1) is 0 Å². The van der Waals surface area contributed by atoms with Crippen LogP contribution in [0.3, 0.4) is 0 Å². The number of hydrogen-bond acceptors (Lipinski definition) is 3. The molecule has 4 nitrogen and oxygen atoms in total. The molecule has 1 aromatic carbocycles. The van der Waals surface area contributed by atoms with E-state index >= 15 is 0 Å². The highest BCUT2D eigenvalue weighted by Crippen LogP contribution is 2.29. The van der Waals surface area contributed by atoms with Gasteiger partial charge in [0.05, 0.1) is 11.7 Å². The Labute approximate surface area is 119 Å². The molecular formula is C16H21N3O. The highest BCUT2D eigenvalue weighted by molar-refractivity contribution is 5.53. The van der Waals surface area contributed by atoms with Gasteiger partial charge in [0.1, 0.15) is 12.4 Å². The zero-order chi connectivity index (χ0) is 13.9. The summed E-state index contributed by atoms with van der Waals surface area (Å²) in [5.41, 5.74) is 8.60. The molecular weight excluding hydrogens is 250 g/mol. The molecule has 1 aliphatic carbocycles. The summed E-state index contributed by atoms with van der Waals surface area (Å²) in [6, 6.07) is 8.36. The van der Waals surface area contributed by atoms with E-state index in [2.05, 4.69) is 16.0 Å². The Morgan fingerprint density at radius 3 is 2.90 bits per heavy atom. The fraction of sp³-hybridized carbons (Fsp3) is 0.438. The molecule has 0 bridgehead atoms. The number of aromatic nitrogens is 2. The minimum Gasteiger partial charge on any atom is -0.487 e. The zero-order valence-corrected chi connectivity index (χ0v) is 11.9. The Bertz CT molecular complexity index is 585. The summed E-state index contributed by atoms with van der Waals surface area (Å²) >= 11 is 0. The first-order valence-corrected chi connectivity index (χ1v) is 7.26. The van der Waals surface area contributed by atoms with E-state index in [1.165, 1.54) is 25.7 Å². The van der Waals surface area contributed by atoms with Gasteiger partial charge in [-0.05, 0) is 38.0 Å². The Morgan fingerprint density at radius 2 is 2.10 bits per heavy atom. The third-order valence-corrected chi connectivity index (χ3v) is 4.06. The molecule has 0 unspecified atom stereocenters. The first-order valence-electron chi connectivity index (χ1n) is 7.26. The van der Waals surface area contributed by atoms with Crippen molar-refractivity contribution in [2.24, 2.45) is 0 Å². The Kier molecular flexibility index (Phi) is 3.63. The van der Waals surface area contributed by atoms with Crippen LogP contribution >= 0.6 is 0 Å². The maximum atomic E-state index is 5.88. The van der Waals surface area contributed by atoms with E-state index in [-0.39, 0.29) is 0 Å². The van der Waals surface area contributed by atoms with Gasteiger partial charge in [0.2, 0.25) is 0 Å². The zero-order valence-electron chi connectivity index (χ0n) is 11.9. The summed E-state index contributed by atoms with van der Waals surface area (Å²) in [4.78, 5) is 0. The summed E-state index contributed by atoms with van der Waals surface area (Å²) in [5.74, 6) is 0.834.